The van der Waals surface area contributed by atoms with Gasteiger partial charge in [-0.3, -0.25) is 4.79 Å². The molecule has 0 bridgehead atoms. The standard InChI is InChI=1S/C16H14F3IN2O/c1-10(21-12-6-4-5-11(20)9-12)15(23)22-14-8-3-2-7-13(14)16(17,18)19/h2-10,21H,1H3,(H,22,23). The fourth-order valence-corrected chi connectivity index (χ4v) is 2.52. The van der Waals surface area contributed by atoms with Crippen LogP contribution in [0.4, 0.5) is 24.5 Å². The number of benzene rings is 2. The van der Waals surface area contributed by atoms with Crippen LogP contribution in [0.3, 0.4) is 0 Å². The summed E-state index contributed by atoms with van der Waals surface area (Å²) in [4.78, 5) is 12.1. The molecule has 7 heteroatoms. The van der Waals surface area contributed by atoms with E-state index >= 15 is 0 Å². The number of anilines is 2. The predicted molar refractivity (Wildman–Crippen MR) is 92.3 cm³/mol. The summed E-state index contributed by atoms with van der Waals surface area (Å²) in [5.41, 5.74) is -0.389. The van der Waals surface area contributed by atoms with Crippen LogP contribution >= 0.6 is 22.6 Å². The molecule has 0 spiro atoms. The highest BCUT2D eigenvalue weighted by Crippen LogP contribution is 2.34. The van der Waals surface area contributed by atoms with Gasteiger partial charge in [0.25, 0.3) is 0 Å². The molecule has 0 saturated carbocycles. The van der Waals surface area contributed by atoms with E-state index in [0.717, 1.165) is 15.3 Å². The van der Waals surface area contributed by atoms with E-state index in [1.54, 1.807) is 13.0 Å². The minimum absolute atomic E-state index is 0.249. The fourth-order valence-electron chi connectivity index (χ4n) is 1.97. The molecule has 0 fully saturated rings. The van der Waals surface area contributed by atoms with Crippen molar-refractivity contribution in [3.8, 4) is 0 Å². The Kier molecular flexibility index (Phi) is 5.51. The second-order valence-corrected chi connectivity index (χ2v) is 6.15. The van der Waals surface area contributed by atoms with Gasteiger partial charge in [-0.15, -0.1) is 0 Å². The summed E-state index contributed by atoms with van der Waals surface area (Å²) < 4.78 is 39.8. The van der Waals surface area contributed by atoms with Crippen LogP contribution in [-0.4, -0.2) is 11.9 Å². The Labute approximate surface area is 145 Å². The summed E-state index contributed by atoms with van der Waals surface area (Å²) in [7, 11) is 0. The molecule has 0 aliphatic carbocycles. The molecule has 0 heterocycles. The van der Waals surface area contributed by atoms with Crippen LogP contribution in [0, 0.1) is 3.57 Å². The number of para-hydroxylation sites is 1. The van der Waals surface area contributed by atoms with Crippen molar-refractivity contribution in [1.29, 1.82) is 0 Å². The first kappa shape index (κ1) is 17.6. The average molecular weight is 434 g/mol. The molecule has 1 unspecified atom stereocenters. The lowest BCUT2D eigenvalue weighted by Gasteiger charge is -2.18. The molecule has 1 atom stereocenters. The number of hydrogen-bond donors (Lipinski definition) is 2. The van der Waals surface area contributed by atoms with E-state index in [1.165, 1.54) is 18.2 Å². The molecule has 0 radical (unpaired) electrons. The molecule has 2 N–H and O–H groups in total. The van der Waals surface area contributed by atoms with Gasteiger partial charge in [0.15, 0.2) is 0 Å². The monoisotopic (exact) mass is 434 g/mol. The largest absolute Gasteiger partial charge is 0.418 e. The predicted octanol–water partition coefficient (Wildman–Crippen LogP) is 4.75. The molecular formula is C16H14F3IN2O. The van der Waals surface area contributed by atoms with E-state index in [1.807, 2.05) is 18.2 Å². The molecule has 0 aliphatic heterocycles. The van der Waals surface area contributed by atoms with Gasteiger partial charge >= 0.3 is 6.18 Å². The van der Waals surface area contributed by atoms with E-state index in [4.69, 9.17) is 0 Å². The molecule has 0 aliphatic rings. The van der Waals surface area contributed by atoms with Crippen molar-refractivity contribution >= 4 is 39.9 Å². The van der Waals surface area contributed by atoms with Crippen molar-refractivity contribution in [2.24, 2.45) is 0 Å². The Morgan fingerprint density at radius 1 is 1.13 bits per heavy atom. The van der Waals surface area contributed by atoms with Gasteiger partial charge in [-0.05, 0) is 59.8 Å². The van der Waals surface area contributed by atoms with Gasteiger partial charge in [0.05, 0.1) is 11.3 Å². The normalized spacial score (nSPS) is 12.6. The number of carbonyl (C=O) groups excluding carboxylic acids is 1. The number of hydrogen-bond acceptors (Lipinski definition) is 2. The van der Waals surface area contributed by atoms with E-state index in [9.17, 15) is 18.0 Å². The molecule has 3 nitrogen and oxygen atoms in total. The quantitative estimate of drug-likeness (QED) is 0.683. The van der Waals surface area contributed by atoms with Crippen LogP contribution in [0.25, 0.3) is 0 Å². The maximum absolute atomic E-state index is 12.9. The van der Waals surface area contributed by atoms with Crippen molar-refractivity contribution in [2.45, 2.75) is 19.1 Å². The molecule has 23 heavy (non-hydrogen) atoms. The SMILES string of the molecule is CC(Nc1cccc(I)c1)C(=O)Nc1ccccc1C(F)(F)F. The Balaban J connectivity index is 2.10. The van der Waals surface area contributed by atoms with E-state index in [2.05, 4.69) is 33.2 Å². The molecule has 1 amide bonds. The van der Waals surface area contributed by atoms with E-state index in [0.29, 0.717) is 0 Å². The first-order valence-electron chi connectivity index (χ1n) is 6.76. The van der Waals surface area contributed by atoms with Gasteiger partial charge in [0, 0.05) is 9.26 Å². The summed E-state index contributed by atoms with van der Waals surface area (Å²) in [6.07, 6.45) is -4.52. The number of nitrogens with one attached hydrogen (secondary N) is 2. The maximum atomic E-state index is 12.9. The van der Waals surface area contributed by atoms with Crippen molar-refractivity contribution in [3.63, 3.8) is 0 Å². The molecule has 2 aromatic carbocycles. The zero-order valence-electron chi connectivity index (χ0n) is 12.1. The molecular weight excluding hydrogens is 420 g/mol. The third-order valence-electron chi connectivity index (χ3n) is 3.09. The molecule has 122 valence electrons. The number of amides is 1. The Hall–Kier alpha value is -1.77. The number of carbonyl (C=O) groups is 1. The lowest BCUT2D eigenvalue weighted by molar-refractivity contribution is -0.137. The van der Waals surface area contributed by atoms with Gasteiger partial charge < -0.3 is 10.6 Å². The highest BCUT2D eigenvalue weighted by atomic mass is 127. The summed E-state index contributed by atoms with van der Waals surface area (Å²) in [6.45, 7) is 1.59. The van der Waals surface area contributed by atoms with E-state index in [-0.39, 0.29) is 5.69 Å². The molecule has 2 rings (SSSR count). The zero-order chi connectivity index (χ0) is 17.0. The summed E-state index contributed by atoms with van der Waals surface area (Å²) >= 11 is 2.14. The van der Waals surface area contributed by atoms with Crippen molar-refractivity contribution in [3.05, 3.63) is 57.7 Å². The Morgan fingerprint density at radius 2 is 1.83 bits per heavy atom. The van der Waals surface area contributed by atoms with Crippen LogP contribution in [-0.2, 0) is 11.0 Å². The fraction of sp³-hybridized carbons (Fsp3) is 0.188. The second-order valence-electron chi connectivity index (χ2n) is 4.91. The van der Waals surface area contributed by atoms with Crippen LogP contribution in [0.1, 0.15) is 12.5 Å². The topological polar surface area (TPSA) is 41.1 Å². The second kappa shape index (κ2) is 7.20. The number of alkyl halides is 3. The lowest BCUT2D eigenvalue weighted by atomic mass is 10.1. The number of halogens is 4. The van der Waals surface area contributed by atoms with Crippen molar-refractivity contribution in [2.75, 3.05) is 10.6 Å². The van der Waals surface area contributed by atoms with Crippen LogP contribution < -0.4 is 10.6 Å². The van der Waals surface area contributed by atoms with Crippen LogP contribution in [0.2, 0.25) is 0 Å². The third kappa shape index (κ3) is 4.85. The molecule has 0 saturated heterocycles. The first-order chi connectivity index (χ1) is 10.8. The molecule has 0 aromatic heterocycles. The van der Waals surface area contributed by atoms with Gasteiger partial charge in [-0.2, -0.15) is 13.2 Å². The van der Waals surface area contributed by atoms with Gasteiger partial charge in [-0.1, -0.05) is 18.2 Å². The highest BCUT2D eigenvalue weighted by molar-refractivity contribution is 14.1. The van der Waals surface area contributed by atoms with Gasteiger partial charge in [0.2, 0.25) is 5.91 Å². The summed E-state index contributed by atoms with van der Waals surface area (Å²) in [5, 5.41) is 5.29. The minimum atomic E-state index is -4.52. The van der Waals surface area contributed by atoms with Gasteiger partial charge in [0.1, 0.15) is 6.04 Å². The average Bonchev–Trinajstić information content (AvgIpc) is 2.46. The highest BCUT2D eigenvalue weighted by Gasteiger charge is 2.33. The minimum Gasteiger partial charge on any atom is -0.374 e. The Morgan fingerprint density at radius 3 is 2.48 bits per heavy atom. The Bertz CT molecular complexity index is 704. The first-order valence-corrected chi connectivity index (χ1v) is 7.84. The molecule has 2 aromatic rings. The van der Waals surface area contributed by atoms with Crippen LogP contribution in [0.5, 0.6) is 0 Å². The summed E-state index contributed by atoms with van der Waals surface area (Å²) in [6, 6.07) is 11.6. The van der Waals surface area contributed by atoms with Crippen molar-refractivity contribution < 1.29 is 18.0 Å². The van der Waals surface area contributed by atoms with Gasteiger partial charge in [-0.25, -0.2) is 0 Å². The maximum Gasteiger partial charge on any atom is 0.418 e. The summed E-state index contributed by atoms with van der Waals surface area (Å²) in [5.74, 6) is -0.541. The van der Waals surface area contributed by atoms with Crippen LogP contribution in [0.15, 0.2) is 48.5 Å². The van der Waals surface area contributed by atoms with Crippen molar-refractivity contribution in [1.82, 2.24) is 0 Å². The smallest absolute Gasteiger partial charge is 0.374 e. The van der Waals surface area contributed by atoms with E-state index < -0.39 is 23.7 Å². The zero-order valence-corrected chi connectivity index (χ0v) is 14.3. The number of rotatable bonds is 4. The lowest BCUT2D eigenvalue weighted by Crippen LogP contribution is -2.32. The third-order valence-corrected chi connectivity index (χ3v) is 3.76.